The standard InChI is InChI=1S/C17H34N2O/c1-6-20-16-11-15(17(16)9-7-8-10-17)18-14(13(2)3)12-19(4)5/h13-16,18H,6-12H2,1-5H3. The van der Waals surface area contributed by atoms with Gasteiger partial charge in [0, 0.05) is 30.7 Å². The summed E-state index contributed by atoms with van der Waals surface area (Å²) in [5.41, 5.74) is 0.454. The van der Waals surface area contributed by atoms with Gasteiger partial charge < -0.3 is 15.0 Å². The van der Waals surface area contributed by atoms with Gasteiger partial charge in [0.1, 0.15) is 0 Å². The minimum absolute atomic E-state index is 0.454. The van der Waals surface area contributed by atoms with Gasteiger partial charge in [0.05, 0.1) is 6.10 Å². The van der Waals surface area contributed by atoms with Crippen molar-refractivity contribution in [3.63, 3.8) is 0 Å². The van der Waals surface area contributed by atoms with Crippen LogP contribution in [0.15, 0.2) is 0 Å². The first-order chi connectivity index (χ1) is 9.49. The van der Waals surface area contributed by atoms with Gasteiger partial charge in [-0.05, 0) is 46.2 Å². The highest BCUT2D eigenvalue weighted by Gasteiger charge is 2.56. The molecule has 2 rings (SSSR count). The molecule has 2 fully saturated rings. The van der Waals surface area contributed by atoms with Crippen molar-refractivity contribution in [2.24, 2.45) is 11.3 Å². The molecular weight excluding hydrogens is 248 g/mol. The van der Waals surface area contributed by atoms with E-state index in [-0.39, 0.29) is 0 Å². The summed E-state index contributed by atoms with van der Waals surface area (Å²) in [6.45, 7) is 8.79. The van der Waals surface area contributed by atoms with Crippen molar-refractivity contribution in [2.75, 3.05) is 27.2 Å². The number of hydrogen-bond donors (Lipinski definition) is 1. The van der Waals surface area contributed by atoms with Crippen LogP contribution in [0.1, 0.15) is 52.9 Å². The van der Waals surface area contributed by atoms with E-state index in [9.17, 15) is 0 Å². The molecule has 0 amide bonds. The molecule has 3 atom stereocenters. The van der Waals surface area contributed by atoms with E-state index < -0.39 is 0 Å². The molecule has 2 aliphatic carbocycles. The SMILES string of the molecule is CCOC1CC(NC(CN(C)C)C(C)C)C12CCCC2. The number of nitrogens with one attached hydrogen (secondary N) is 1. The molecule has 1 N–H and O–H groups in total. The van der Waals surface area contributed by atoms with E-state index in [1.807, 2.05) is 0 Å². The molecule has 3 heteroatoms. The van der Waals surface area contributed by atoms with Crippen molar-refractivity contribution in [3.8, 4) is 0 Å². The van der Waals surface area contributed by atoms with Crippen LogP contribution in [0.3, 0.4) is 0 Å². The van der Waals surface area contributed by atoms with E-state index in [1.54, 1.807) is 0 Å². The molecular formula is C17H34N2O. The maximum Gasteiger partial charge on any atom is 0.0661 e. The Hall–Kier alpha value is -0.120. The average Bonchev–Trinajstić information content (AvgIpc) is 2.87. The number of hydrogen-bond acceptors (Lipinski definition) is 3. The summed E-state index contributed by atoms with van der Waals surface area (Å²) in [7, 11) is 4.35. The molecule has 0 aromatic carbocycles. The first-order valence-electron chi connectivity index (χ1n) is 8.52. The van der Waals surface area contributed by atoms with Crippen molar-refractivity contribution in [3.05, 3.63) is 0 Å². The molecule has 0 aromatic rings. The van der Waals surface area contributed by atoms with Crippen molar-refractivity contribution in [2.45, 2.75) is 71.1 Å². The Morgan fingerprint density at radius 2 is 1.90 bits per heavy atom. The third kappa shape index (κ3) is 3.20. The summed E-state index contributed by atoms with van der Waals surface area (Å²) < 4.78 is 6.02. The van der Waals surface area contributed by atoms with Gasteiger partial charge in [-0.3, -0.25) is 0 Å². The summed E-state index contributed by atoms with van der Waals surface area (Å²) >= 11 is 0. The summed E-state index contributed by atoms with van der Waals surface area (Å²) in [5.74, 6) is 0.682. The fourth-order valence-electron chi connectivity index (χ4n) is 4.23. The largest absolute Gasteiger partial charge is 0.378 e. The van der Waals surface area contributed by atoms with E-state index >= 15 is 0 Å². The number of likely N-dealkylation sites (N-methyl/N-ethyl adjacent to an activating group) is 1. The fourth-order valence-corrected chi connectivity index (χ4v) is 4.23. The van der Waals surface area contributed by atoms with E-state index in [4.69, 9.17) is 4.74 Å². The van der Waals surface area contributed by atoms with Gasteiger partial charge in [0.25, 0.3) is 0 Å². The smallest absolute Gasteiger partial charge is 0.0661 e. The minimum Gasteiger partial charge on any atom is -0.378 e. The third-order valence-electron chi connectivity index (χ3n) is 5.47. The summed E-state index contributed by atoms with van der Waals surface area (Å²) in [5, 5.41) is 3.98. The van der Waals surface area contributed by atoms with Gasteiger partial charge in [0.2, 0.25) is 0 Å². The lowest BCUT2D eigenvalue weighted by Gasteiger charge is -2.55. The first-order valence-corrected chi connectivity index (χ1v) is 8.52. The van der Waals surface area contributed by atoms with Crippen LogP contribution < -0.4 is 5.32 Å². The van der Waals surface area contributed by atoms with Crippen LogP contribution in [0.5, 0.6) is 0 Å². The van der Waals surface area contributed by atoms with Crippen LogP contribution >= 0.6 is 0 Å². The lowest BCUT2D eigenvalue weighted by molar-refractivity contribution is -0.134. The predicted molar refractivity (Wildman–Crippen MR) is 85.0 cm³/mol. The van der Waals surface area contributed by atoms with E-state index in [1.165, 1.54) is 32.1 Å². The van der Waals surface area contributed by atoms with E-state index in [0.29, 0.717) is 29.5 Å². The Labute approximate surface area is 125 Å². The molecule has 0 radical (unpaired) electrons. The lowest BCUT2D eigenvalue weighted by Crippen LogP contribution is -2.65. The highest BCUT2D eigenvalue weighted by Crippen LogP contribution is 2.54. The summed E-state index contributed by atoms with van der Waals surface area (Å²) in [4.78, 5) is 2.30. The second kappa shape index (κ2) is 6.76. The number of nitrogens with zero attached hydrogens (tertiary/aromatic N) is 1. The highest BCUT2D eigenvalue weighted by atomic mass is 16.5. The Balaban J connectivity index is 1.98. The van der Waals surface area contributed by atoms with Crippen molar-refractivity contribution in [1.29, 1.82) is 0 Å². The molecule has 0 bridgehead atoms. The van der Waals surface area contributed by atoms with Crippen LogP contribution in [0.4, 0.5) is 0 Å². The second-order valence-electron chi connectivity index (χ2n) is 7.45. The van der Waals surface area contributed by atoms with Crippen molar-refractivity contribution in [1.82, 2.24) is 10.2 Å². The molecule has 3 unspecified atom stereocenters. The van der Waals surface area contributed by atoms with Crippen LogP contribution in [0.2, 0.25) is 0 Å². The maximum absolute atomic E-state index is 6.02. The topological polar surface area (TPSA) is 24.5 Å². The molecule has 2 saturated carbocycles. The Kier molecular flexibility index (Phi) is 5.49. The monoisotopic (exact) mass is 282 g/mol. The van der Waals surface area contributed by atoms with Crippen LogP contribution in [-0.4, -0.2) is 50.3 Å². The van der Waals surface area contributed by atoms with Gasteiger partial charge in [-0.15, -0.1) is 0 Å². The minimum atomic E-state index is 0.454. The lowest BCUT2D eigenvalue weighted by atomic mass is 9.60. The van der Waals surface area contributed by atoms with Gasteiger partial charge in [0.15, 0.2) is 0 Å². The molecule has 118 valence electrons. The van der Waals surface area contributed by atoms with Crippen molar-refractivity contribution >= 4 is 0 Å². The molecule has 1 spiro atoms. The fraction of sp³-hybridized carbons (Fsp3) is 1.00. The highest BCUT2D eigenvalue weighted by molar-refractivity contribution is 5.10. The second-order valence-corrected chi connectivity index (χ2v) is 7.45. The molecule has 2 aliphatic rings. The third-order valence-corrected chi connectivity index (χ3v) is 5.47. The maximum atomic E-state index is 6.02. The van der Waals surface area contributed by atoms with Crippen LogP contribution in [0.25, 0.3) is 0 Å². The zero-order valence-electron chi connectivity index (χ0n) is 14.1. The molecule has 0 saturated heterocycles. The van der Waals surface area contributed by atoms with E-state index in [0.717, 1.165) is 13.2 Å². The van der Waals surface area contributed by atoms with Gasteiger partial charge in [-0.25, -0.2) is 0 Å². The van der Waals surface area contributed by atoms with Crippen molar-refractivity contribution < 1.29 is 4.74 Å². The zero-order valence-corrected chi connectivity index (χ0v) is 14.1. The summed E-state index contributed by atoms with van der Waals surface area (Å²) in [6.07, 6.45) is 7.23. The van der Waals surface area contributed by atoms with Gasteiger partial charge in [-0.2, -0.15) is 0 Å². The Morgan fingerprint density at radius 1 is 1.25 bits per heavy atom. The zero-order chi connectivity index (χ0) is 14.8. The molecule has 0 aliphatic heterocycles. The Bertz CT molecular complexity index is 297. The Morgan fingerprint density at radius 3 is 2.40 bits per heavy atom. The number of ether oxygens (including phenoxy) is 1. The predicted octanol–water partition coefficient (Wildman–Crippen LogP) is 2.90. The van der Waals surface area contributed by atoms with Gasteiger partial charge >= 0.3 is 0 Å². The van der Waals surface area contributed by atoms with E-state index in [2.05, 4.69) is 45.1 Å². The average molecular weight is 282 g/mol. The molecule has 3 nitrogen and oxygen atoms in total. The normalized spacial score (nSPS) is 30.1. The van der Waals surface area contributed by atoms with Gasteiger partial charge in [-0.1, -0.05) is 26.7 Å². The van der Waals surface area contributed by atoms with Crippen LogP contribution in [0, 0.1) is 11.3 Å². The first kappa shape index (κ1) is 16.3. The van der Waals surface area contributed by atoms with Crippen LogP contribution in [-0.2, 0) is 4.74 Å². The summed E-state index contributed by atoms with van der Waals surface area (Å²) in [6, 6.07) is 1.27. The molecule has 0 aromatic heterocycles. The molecule has 0 heterocycles. The number of rotatable bonds is 7. The quantitative estimate of drug-likeness (QED) is 0.777. The molecule has 20 heavy (non-hydrogen) atoms.